The van der Waals surface area contributed by atoms with Crippen molar-refractivity contribution in [2.24, 2.45) is 5.92 Å². The molecule has 3 aromatic rings. The van der Waals surface area contributed by atoms with Crippen LogP contribution in [0.3, 0.4) is 0 Å². The predicted octanol–water partition coefficient (Wildman–Crippen LogP) is 4.42. The van der Waals surface area contributed by atoms with Gasteiger partial charge in [-0.1, -0.05) is 35.9 Å². The third-order valence-corrected chi connectivity index (χ3v) is 6.48. The van der Waals surface area contributed by atoms with Crippen LogP contribution in [0.25, 0.3) is 0 Å². The van der Waals surface area contributed by atoms with Gasteiger partial charge in [-0.2, -0.15) is 0 Å². The second-order valence-corrected chi connectivity index (χ2v) is 8.54. The van der Waals surface area contributed by atoms with Crippen molar-refractivity contribution in [3.05, 3.63) is 77.3 Å². The number of para-hydroxylation sites is 1. The topological polar surface area (TPSA) is 77.5 Å². The van der Waals surface area contributed by atoms with Crippen molar-refractivity contribution in [2.75, 3.05) is 31.3 Å². The zero-order valence-corrected chi connectivity index (χ0v) is 20.1. The van der Waals surface area contributed by atoms with Gasteiger partial charge in [0.05, 0.1) is 32.7 Å². The van der Waals surface area contributed by atoms with Gasteiger partial charge in [-0.25, -0.2) is 9.96 Å². The van der Waals surface area contributed by atoms with E-state index in [2.05, 4.69) is 0 Å². The minimum absolute atomic E-state index is 0.387. The van der Waals surface area contributed by atoms with E-state index in [1.54, 1.807) is 41.5 Å². The molecule has 0 aromatic heterocycles. The number of nitrogens with zero attached hydrogens (tertiary/aromatic N) is 2. The molecule has 0 bridgehead atoms. The van der Waals surface area contributed by atoms with Crippen molar-refractivity contribution < 1.29 is 28.6 Å². The number of fused-ring (bicyclic) bond motifs is 1. The SMILES string of the molecule is COc1cc(OC)c([C@@H]2[C@H]3C(=O)N(c4cccc(Cl)c4)C(=O)[C@H]3ON2c2ccccc2)cc1OC. The molecule has 8 nitrogen and oxygen atoms in total. The number of hydrogen-bond donors (Lipinski definition) is 0. The molecule has 0 saturated carbocycles. The molecule has 0 unspecified atom stereocenters. The summed E-state index contributed by atoms with van der Waals surface area (Å²) in [5, 5.41) is 2.02. The van der Waals surface area contributed by atoms with Gasteiger partial charge in [0.1, 0.15) is 17.7 Å². The summed E-state index contributed by atoms with van der Waals surface area (Å²) < 4.78 is 16.6. The van der Waals surface area contributed by atoms with E-state index in [9.17, 15) is 9.59 Å². The van der Waals surface area contributed by atoms with Crippen LogP contribution in [-0.2, 0) is 14.4 Å². The first-order chi connectivity index (χ1) is 17.0. The summed E-state index contributed by atoms with van der Waals surface area (Å²) in [6.07, 6.45) is -1.02. The number of ether oxygens (including phenoxy) is 3. The highest BCUT2D eigenvalue weighted by atomic mass is 35.5. The zero-order chi connectivity index (χ0) is 24.7. The Kier molecular flexibility index (Phi) is 6.00. The van der Waals surface area contributed by atoms with E-state index >= 15 is 0 Å². The maximum atomic E-state index is 13.8. The van der Waals surface area contributed by atoms with Crippen molar-refractivity contribution in [3.63, 3.8) is 0 Å². The normalized spacial score (nSPS) is 21.3. The summed E-state index contributed by atoms with van der Waals surface area (Å²) >= 11 is 6.14. The van der Waals surface area contributed by atoms with E-state index in [0.717, 1.165) is 4.90 Å². The summed E-state index contributed by atoms with van der Waals surface area (Å²) in [6, 6.07) is 18.7. The molecule has 9 heteroatoms. The van der Waals surface area contributed by atoms with Crippen LogP contribution < -0.4 is 24.2 Å². The van der Waals surface area contributed by atoms with Crippen LogP contribution in [0.15, 0.2) is 66.7 Å². The number of carbonyl (C=O) groups excluding carboxylic acids is 2. The van der Waals surface area contributed by atoms with Gasteiger partial charge in [0.15, 0.2) is 17.6 Å². The lowest BCUT2D eigenvalue weighted by Crippen LogP contribution is -2.37. The Morgan fingerprint density at radius 1 is 0.771 bits per heavy atom. The van der Waals surface area contributed by atoms with Crippen molar-refractivity contribution in [2.45, 2.75) is 12.1 Å². The van der Waals surface area contributed by atoms with Gasteiger partial charge in [0, 0.05) is 16.7 Å². The fourth-order valence-corrected chi connectivity index (χ4v) is 4.87. The Hall–Kier alpha value is -3.75. The van der Waals surface area contributed by atoms with Crippen molar-refractivity contribution in [3.8, 4) is 17.2 Å². The first-order valence-corrected chi connectivity index (χ1v) is 11.3. The molecule has 2 amide bonds. The first-order valence-electron chi connectivity index (χ1n) is 10.9. The van der Waals surface area contributed by atoms with Crippen molar-refractivity contribution >= 4 is 34.8 Å². The third-order valence-electron chi connectivity index (χ3n) is 6.25. The minimum Gasteiger partial charge on any atom is -0.496 e. The highest BCUT2D eigenvalue weighted by Gasteiger charge is 2.61. The minimum atomic E-state index is -1.02. The number of benzene rings is 3. The quantitative estimate of drug-likeness (QED) is 0.469. The Balaban J connectivity index is 1.66. The number of hydrogen-bond acceptors (Lipinski definition) is 7. The van der Waals surface area contributed by atoms with Crippen LogP contribution >= 0.6 is 11.6 Å². The van der Waals surface area contributed by atoms with E-state index in [1.165, 1.54) is 21.3 Å². The number of halogens is 1. The molecule has 0 radical (unpaired) electrons. The number of carbonyl (C=O) groups is 2. The second kappa shape index (κ2) is 9.13. The number of anilines is 2. The van der Waals surface area contributed by atoms with Gasteiger partial charge in [-0.15, -0.1) is 0 Å². The van der Waals surface area contributed by atoms with Gasteiger partial charge < -0.3 is 14.2 Å². The smallest absolute Gasteiger partial charge is 0.266 e. The maximum Gasteiger partial charge on any atom is 0.266 e. The molecule has 2 aliphatic rings. The summed E-state index contributed by atoms with van der Waals surface area (Å²) in [6.45, 7) is 0. The molecule has 35 heavy (non-hydrogen) atoms. The molecule has 0 spiro atoms. The summed E-state index contributed by atoms with van der Waals surface area (Å²) in [5.41, 5.74) is 1.71. The lowest BCUT2D eigenvalue weighted by molar-refractivity contribution is -0.126. The molecule has 0 aliphatic carbocycles. The Morgan fingerprint density at radius 3 is 2.09 bits per heavy atom. The van der Waals surface area contributed by atoms with Gasteiger partial charge in [0.2, 0.25) is 5.91 Å². The van der Waals surface area contributed by atoms with E-state index in [4.69, 9.17) is 30.6 Å². The Bertz CT molecular complexity index is 1280. The van der Waals surface area contributed by atoms with Gasteiger partial charge in [-0.05, 0) is 36.4 Å². The Morgan fingerprint density at radius 2 is 1.43 bits per heavy atom. The number of imide groups is 1. The summed E-state index contributed by atoms with van der Waals surface area (Å²) in [4.78, 5) is 34.6. The van der Waals surface area contributed by atoms with Gasteiger partial charge >= 0.3 is 0 Å². The third kappa shape index (κ3) is 3.75. The molecule has 5 rings (SSSR count). The molecule has 180 valence electrons. The molecular weight excluding hydrogens is 472 g/mol. The molecule has 3 aromatic carbocycles. The van der Waals surface area contributed by atoms with E-state index < -0.39 is 24.0 Å². The second-order valence-electron chi connectivity index (χ2n) is 8.10. The van der Waals surface area contributed by atoms with Crippen LogP contribution in [0, 0.1) is 5.92 Å². The van der Waals surface area contributed by atoms with Gasteiger partial charge in [0.25, 0.3) is 5.91 Å². The van der Waals surface area contributed by atoms with Crippen LogP contribution in [0.5, 0.6) is 17.2 Å². The number of methoxy groups -OCH3 is 3. The Labute approximate surface area is 207 Å². The average molecular weight is 495 g/mol. The van der Waals surface area contributed by atoms with Crippen LogP contribution in [0.4, 0.5) is 11.4 Å². The van der Waals surface area contributed by atoms with Crippen molar-refractivity contribution in [1.29, 1.82) is 0 Å². The van der Waals surface area contributed by atoms with Crippen LogP contribution in [0.1, 0.15) is 11.6 Å². The summed E-state index contributed by atoms with van der Waals surface area (Å²) in [5.74, 6) is -0.270. The maximum absolute atomic E-state index is 13.8. The molecular formula is C26H23ClN2O6. The number of rotatable bonds is 6. The van der Waals surface area contributed by atoms with Crippen LogP contribution in [-0.4, -0.2) is 39.2 Å². The molecule has 2 fully saturated rings. The van der Waals surface area contributed by atoms with E-state index in [-0.39, 0.29) is 5.91 Å². The molecule has 3 atom stereocenters. The highest BCUT2D eigenvalue weighted by molar-refractivity contribution is 6.31. The lowest BCUT2D eigenvalue weighted by Gasteiger charge is -2.30. The fraction of sp³-hybridized carbons (Fsp3) is 0.231. The largest absolute Gasteiger partial charge is 0.496 e. The van der Waals surface area contributed by atoms with Crippen molar-refractivity contribution in [1.82, 2.24) is 0 Å². The van der Waals surface area contributed by atoms with E-state index in [0.29, 0.717) is 39.2 Å². The zero-order valence-electron chi connectivity index (χ0n) is 19.3. The molecule has 2 aliphatic heterocycles. The highest BCUT2D eigenvalue weighted by Crippen LogP contribution is 2.51. The molecule has 0 N–H and O–H groups in total. The fourth-order valence-electron chi connectivity index (χ4n) is 4.68. The number of hydroxylamine groups is 1. The van der Waals surface area contributed by atoms with Gasteiger partial charge in [-0.3, -0.25) is 14.4 Å². The standard InChI is InChI=1S/C26H23ClN2O6/c1-32-19-14-21(34-3)20(33-2)13-18(19)23-22-24(35-29(23)16-9-5-4-6-10-16)26(31)28(25(22)30)17-11-7-8-15(27)12-17/h4-14,22-24H,1-3H3/t22-,23-,24+/m1/s1. The molecule has 2 heterocycles. The average Bonchev–Trinajstić information content (AvgIpc) is 3.39. The summed E-state index contributed by atoms with van der Waals surface area (Å²) in [7, 11) is 4.59. The molecule has 2 saturated heterocycles. The van der Waals surface area contributed by atoms with Crippen LogP contribution in [0.2, 0.25) is 5.02 Å². The monoisotopic (exact) mass is 494 g/mol. The van der Waals surface area contributed by atoms with E-state index in [1.807, 2.05) is 30.3 Å². The first kappa shape index (κ1) is 23.0. The lowest BCUT2D eigenvalue weighted by atomic mass is 9.89. The number of amides is 2. The predicted molar refractivity (Wildman–Crippen MR) is 130 cm³/mol.